The summed E-state index contributed by atoms with van der Waals surface area (Å²) >= 11 is 0. The number of hydrogen-bond acceptors (Lipinski definition) is 2. The molecule has 1 fully saturated rings. The van der Waals surface area contributed by atoms with Crippen molar-refractivity contribution in [1.29, 1.82) is 0 Å². The van der Waals surface area contributed by atoms with Gasteiger partial charge in [0.1, 0.15) is 0 Å². The minimum atomic E-state index is 0.123. The third-order valence-corrected chi connectivity index (χ3v) is 2.65. The molecule has 0 bridgehead atoms. The lowest BCUT2D eigenvalue weighted by Crippen LogP contribution is -2.38. The molecule has 0 saturated heterocycles. The average molecular weight is 196 g/mol. The number of carbonyl (C=O) groups excluding carboxylic acids is 1. The van der Waals surface area contributed by atoms with Gasteiger partial charge in [0.05, 0.1) is 0 Å². The van der Waals surface area contributed by atoms with E-state index in [4.69, 9.17) is 5.73 Å². The Morgan fingerprint density at radius 3 is 2.86 bits per heavy atom. The number of nitrogens with one attached hydrogen (secondary N) is 1. The van der Waals surface area contributed by atoms with E-state index in [0.29, 0.717) is 6.54 Å². The van der Waals surface area contributed by atoms with Crippen LogP contribution in [0.2, 0.25) is 0 Å². The molecule has 1 saturated carbocycles. The summed E-state index contributed by atoms with van der Waals surface area (Å²) in [5.74, 6) is 0.265. The molecule has 0 aromatic heterocycles. The molecule has 3 N–H and O–H groups in total. The molecule has 3 heteroatoms. The Kier molecular flexibility index (Phi) is 4.14. The van der Waals surface area contributed by atoms with Gasteiger partial charge in [-0.15, -0.1) is 0 Å². The van der Waals surface area contributed by atoms with E-state index in [1.807, 2.05) is 6.92 Å². The molecule has 0 radical (unpaired) electrons. The Labute approximate surface area is 85.7 Å². The molecule has 0 heterocycles. The van der Waals surface area contributed by atoms with Gasteiger partial charge >= 0.3 is 0 Å². The molecule has 2 unspecified atom stereocenters. The van der Waals surface area contributed by atoms with Crippen LogP contribution in [0.4, 0.5) is 0 Å². The van der Waals surface area contributed by atoms with Crippen molar-refractivity contribution in [2.75, 3.05) is 6.54 Å². The number of carbonyl (C=O) groups is 1. The maximum absolute atomic E-state index is 11.6. The highest BCUT2D eigenvalue weighted by atomic mass is 16.1. The fourth-order valence-electron chi connectivity index (χ4n) is 1.85. The summed E-state index contributed by atoms with van der Waals surface area (Å²) in [7, 11) is 0. The van der Waals surface area contributed by atoms with Crippen molar-refractivity contribution in [2.45, 2.75) is 38.6 Å². The number of nitrogens with two attached hydrogens (primary N) is 1. The van der Waals surface area contributed by atoms with Gasteiger partial charge in [-0.1, -0.05) is 18.6 Å². The van der Waals surface area contributed by atoms with E-state index < -0.39 is 0 Å². The Bertz CT molecular complexity index is 225. The predicted molar refractivity (Wildman–Crippen MR) is 57.8 cm³/mol. The molecular weight excluding hydrogens is 176 g/mol. The Hall–Kier alpha value is -0.830. The predicted octanol–water partition coefficient (Wildman–Crippen LogP) is 1.20. The van der Waals surface area contributed by atoms with E-state index in [1.165, 1.54) is 0 Å². The monoisotopic (exact) mass is 196 g/mol. The smallest absolute Gasteiger partial charge is 0.223 e. The van der Waals surface area contributed by atoms with Gasteiger partial charge in [0.15, 0.2) is 0 Å². The van der Waals surface area contributed by atoms with E-state index in [0.717, 1.165) is 31.3 Å². The lowest BCUT2D eigenvalue weighted by atomic mass is 9.85. The van der Waals surface area contributed by atoms with Crippen molar-refractivity contribution >= 4 is 5.91 Å². The minimum Gasteiger partial charge on any atom is -0.352 e. The molecule has 1 amide bonds. The Morgan fingerprint density at radius 1 is 1.57 bits per heavy atom. The topological polar surface area (TPSA) is 55.1 Å². The van der Waals surface area contributed by atoms with Crippen LogP contribution >= 0.6 is 0 Å². The van der Waals surface area contributed by atoms with Gasteiger partial charge in [0, 0.05) is 18.5 Å². The quantitative estimate of drug-likeness (QED) is 0.666. The molecule has 1 aliphatic rings. The molecule has 1 rings (SSSR count). The van der Waals surface area contributed by atoms with Gasteiger partial charge in [0.2, 0.25) is 5.91 Å². The summed E-state index contributed by atoms with van der Waals surface area (Å²) in [5, 5.41) is 2.88. The van der Waals surface area contributed by atoms with Gasteiger partial charge in [-0.2, -0.15) is 0 Å². The van der Waals surface area contributed by atoms with Crippen LogP contribution in [0.3, 0.4) is 0 Å². The highest BCUT2D eigenvalue weighted by molar-refractivity contribution is 5.79. The summed E-state index contributed by atoms with van der Waals surface area (Å²) in [6.45, 7) is 6.25. The van der Waals surface area contributed by atoms with E-state index in [1.54, 1.807) is 0 Å². The van der Waals surface area contributed by atoms with Crippen LogP contribution in [0, 0.1) is 5.92 Å². The summed E-state index contributed by atoms with van der Waals surface area (Å²) in [6, 6.07) is 0.212. The second-order valence-corrected chi connectivity index (χ2v) is 4.30. The van der Waals surface area contributed by atoms with Crippen LogP contribution in [0.5, 0.6) is 0 Å². The Balaban J connectivity index is 2.32. The van der Waals surface area contributed by atoms with Crippen molar-refractivity contribution in [3.8, 4) is 0 Å². The van der Waals surface area contributed by atoms with E-state index in [-0.39, 0.29) is 17.9 Å². The van der Waals surface area contributed by atoms with Crippen molar-refractivity contribution in [3.05, 3.63) is 12.2 Å². The molecule has 0 spiro atoms. The minimum absolute atomic E-state index is 0.123. The molecular formula is C11H20N2O. The maximum atomic E-state index is 11.6. The first-order valence-corrected chi connectivity index (χ1v) is 5.27. The molecule has 0 aromatic rings. The zero-order valence-corrected chi connectivity index (χ0v) is 8.88. The van der Waals surface area contributed by atoms with E-state index in [2.05, 4.69) is 11.9 Å². The van der Waals surface area contributed by atoms with E-state index in [9.17, 15) is 4.79 Å². The normalized spacial score (nSPS) is 27.0. The standard InChI is InChI=1S/C11H20N2O/c1-8(2)7-13-11(14)9-4-3-5-10(12)6-9/h9-10H,1,3-7,12H2,2H3,(H,13,14). The first kappa shape index (κ1) is 11.2. The van der Waals surface area contributed by atoms with Gasteiger partial charge in [0.25, 0.3) is 0 Å². The largest absolute Gasteiger partial charge is 0.352 e. The first-order valence-electron chi connectivity index (χ1n) is 5.27. The Morgan fingerprint density at radius 2 is 2.29 bits per heavy atom. The number of hydrogen-bond donors (Lipinski definition) is 2. The first-order chi connectivity index (χ1) is 6.59. The summed E-state index contributed by atoms with van der Waals surface area (Å²) in [4.78, 5) is 11.6. The lowest BCUT2D eigenvalue weighted by Gasteiger charge is -2.25. The number of rotatable bonds is 3. The van der Waals surface area contributed by atoms with E-state index >= 15 is 0 Å². The fourth-order valence-corrected chi connectivity index (χ4v) is 1.85. The highest BCUT2D eigenvalue weighted by Crippen LogP contribution is 2.22. The van der Waals surface area contributed by atoms with Crippen LogP contribution in [0.1, 0.15) is 32.6 Å². The molecule has 1 aliphatic carbocycles. The molecule has 80 valence electrons. The summed E-state index contributed by atoms with van der Waals surface area (Å²) in [6.07, 6.45) is 3.95. The molecule has 3 nitrogen and oxygen atoms in total. The zero-order chi connectivity index (χ0) is 10.6. The van der Waals surface area contributed by atoms with Crippen molar-refractivity contribution in [3.63, 3.8) is 0 Å². The van der Waals surface area contributed by atoms with Crippen LogP contribution in [-0.2, 0) is 4.79 Å². The summed E-state index contributed by atoms with van der Waals surface area (Å²) < 4.78 is 0. The molecule has 0 aliphatic heterocycles. The average Bonchev–Trinajstić information content (AvgIpc) is 2.14. The van der Waals surface area contributed by atoms with Crippen LogP contribution < -0.4 is 11.1 Å². The van der Waals surface area contributed by atoms with Crippen LogP contribution in [0.15, 0.2) is 12.2 Å². The SMILES string of the molecule is C=C(C)CNC(=O)C1CCCC(N)C1. The third kappa shape index (κ3) is 3.50. The molecule has 0 aromatic carbocycles. The molecule has 14 heavy (non-hydrogen) atoms. The number of amides is 1. The van der Waals surface area contributed by atoms with Crippen LogP contribution in [-0.4, -0.2) is 18.5 Å². The summed E-state index contributed by atoms with van der Waals surface area (Å²) in [5.41, 5.74) is 6.81. The van der Waals surface area contributed by atoms with Crippen molar-refractivity contribution < 1.29 is 4.79 Å². The zero-order valence-electron chi connectivity index (χ0n) is 8.88. The maximum Gasteiger partial charge on any atom is 0.223 e. The van der Waals surface area contributed by atoms with Crippen molar-refractivity contribution in [1.82, 2.24) is 5.32 Å². The third-order valence-electron chi connectivity index (χ3n) is 2.65. The van der Waals surface area contributed by atoms with Gasteiger partial charge in [-0.05, 0) is 26.2 Å². The fraction of sp³-hybridized carbons (Fsp3) is 0.727. The lowest BCUT2D eigenvalue weighted by molar-refractivity contribution is -0.125. The second-order valence-electron chi connectivity index (χ2n) is 4.30. The van der Waals surface area contributed by atoms with Gasteiger partial charge in [-0.3, -0.25) is 4.79 Å². The van der Waals surface area contributed by atoms with Crippen LogP contribution in [0.25, 0.3) is 0 Å². The second kappa shape index (κ2) is 5.15. The van der Waals surface area contributed by atoms with Gasteiger partial charge in [-0.25, -0.2) is 0 Å². The van der Waals surface area contributed by atoms with Gasteiger partial charge < -0.3 is 11.1 Å². The highest BCUT2D eigenvalue weighted by Gasteiger charge is 2.24. The van der Waals surface area contributed by atoms with Crippen molar-refractivity contribution in [2.24, 2.45) is 11.7 Å². The molecule has 2 atom stereocenters.